The summed E-state index contributed by atoms with van der Waals surface area (Å²) in [6.07, 6.45) is -0.991. The van der Waals surface area contributed by atoms with E-state index in [0.717, 1.165) is 0 Å². The van der Waals surface area contributed by atoms with Crippen LogP contribution in [0.3, 0.4) is 0 Å². The average molecular weight is 324 g/mol. The number of halogens is 1. The van der Waals surface area contributed by atoms with E-state index in [4.69, 9.17) is 4.74 Å². The molecule has 0 aliphatic carbocycles. The zero-order valence-electron chi connectivity index (χ0n) is 13.7. The van der Waals surface area contributed by atoms with Crippen molar-refractivity contribution in [2.75, 3.05) is 32.8 Å². The largest absolute Gasteiger partial charge is 0.387 e. The molecule has 1 aliphatic rings. The Morgan fingerprint density at radius 1 is 1.35 bits per heavy atom. The van der Waals surface area contributed by atoms with E-state index in [1.54, 1.807) is 23.1 Å². The Balaban J connectivity index is 1.96. The van der Waals surface area contributed by atoms with Gasteiger partial charge in [0.1, 0.15) is 5.82 Å². The molecule has 1 aliphatic heterocycles. The SMILES string of the molecule is CC(C)[C@H](NC[C@@H](O)c1ccccc1F)C(=O)N1CCOCC1. The van der Waals surface area contributed by atoms with Crippen molar-refractivity contribution in [3.05, 3.63) is 35.6 Å². The van der Waals surface area contributed by atoms with Gasteiger partial charge in [-0.15, -0.1) is 0 Å². The Morgan fingerprint density at radius 2 is 2.00 bits per heavy atom. The van der Waals surface area contributed by atoms with Gasteiger partial charge in [-0.05, 0) is 12.0 Å². The van der Waals surface area contributed by atoms with Crippen molar-refractivity contribution in [2.45, 2.75) is 26.0 Å². The lowest BCUT2D eigenvalue weighted by atomic mass is 10.0. The minimum Gasteiger partial charge on any atom is -0.387 e. The van der Waals surface area contributed by atoms with Gasteiger partial charge in [0.25, 0.3) is 0 Å². The molecule has 2 atom stereocenters. The van der Waals surface area contributed by atoms with Crippen LogP contribution in [0.1, 0.15) is 25.5 Å². The van der Waals surface area contributed by atoms with Crippen molar-refractivity contribution >= 4 is 5.91 Å². The molecule has 5 nitrogen and oxygen atoms in total. The summed E-state index contributed by atoms with van der Waals surface area (Å²) >= 11 is 0. The van der Waals surface area contributed by atoms with Crippen LogP contribution in [0.4, 0.5) is 4.39 Å². The van der Waals surface area contributed by atoms with Gasteiger partial charge in [0.05, 0.1) is 25.4 Å². The molecular weight excluding hydrogens is 299 g/mol. The Hall–Kier alpha value is -1.50. The Labute approximate surface area is 136 Å². The third-order valence-corrected chi connectivity index (χ3v) is 4.05. The second-order valence-electron chi connectivity index (χ2n) is 6.10. The van der Waals surface area contributed by atoms with Gasteiger partial charge in [0, 0.05) is 25.2 Å². The second-order valence-corrected chi connectivity index (χ2v) is 6.10. The molecule has 0 radical (unpaired) electrons. The molecule has 2 rings (SSSR count). The standard InChI is InChI=1S/C17H25FN2O3/c1-12(2)16(17(22)20-7-9-23-10-8-20)19-11-15(21)13-5-3-4-6-14(13)18/h3-6,12,15-16,19,21H,7-11H2,1-2H3/t15-,16+/m1/s1. The molecule has 1 amide bonds. The van der Waals surface area contributed by atoms with E-state index in [2.05, 4.69) is 5.32 Å². The van der Waals surface area contributed by atoms with Crippen molar-refractivity contribution in [3.8, 4) is 0 Å². The highest BCUT2D eigenvalue weighted by atomic mass is 19.1. The molecule has 6 heteroatoms. The molecule has 1 saturated heterocycles. The van der Waals surface area contributed by atoms with Crippen molar-refractivity contribution in [1.82, 2.24) is 10.2 Å². The maximum atomic E-state index is 13.7. The number of ether oxygens (including phenoxy) is 1. The van der Waals surface area contributed by atoms with Crippen molar-refractivity contribution in [2.24, 2.45) is 5.92 Å². The van der Waals surface area contributed by atoms with Gasteiger partial charge in [-0.3, -0.25) is 4.79 Å². The molecule has 1 aromatic rings. The van der Waals surface area contributed by atoms with E-state index in [9.17, 15) is 14.3 Å². The third kappa shape index (κ3) is 4.73. The molecule has 0 unspecified atom stereocenters. The fourth-order valence-corrected chi connectivity index (χ4v) is 2.68. The van der Waals surface area contributed by atoms with E-state index in [0.29, 0.717) is 26.3 Å². The van der Waals surface area contributed by atoms with Crippen LogP contribution >= 0.6 is 0 Å². The third-order valence-electron chi connectivity index (χ3n) is 4.05. The van der Waals surface area contributed by atoms with E-state index < -0.39 is 18.0 Å². The maximum Gasteiger partial charge on any atom is 0.240 e. The Bertz CT molecular complexity index is 518. The number of carbonyl (C=O) groups is 1. The van der Waals surface area contributed by atoms with Gasteiger partial charge in [-0.1, -0.05) is 32.0 Å². The molecule has 1 heterocycles. The first-order valence-corrected chi connectivity index (χ1v) is 8.03. The predicted molar refractivity (Wildman–Crippen MR) is 85.4 cm³/mol. The molecule has 2 N–H and O–H groups in total. The quantitative estimate of drug-likeness (QED) is 0.829. The number of amides is 1. The molecule has 128 valence electrons. The summed E-state index contributed by atoms with van der Waals surface area (Å²) in [5, 5.41) is 13.3. The number of carbonyl (C=O) groups excluding carboxylic acids is 1. The predicted octanol–water partition coefficient (Wildman–Crippen LogP) is 1.33. The van der Waals surface area contributed by atoms with E-state index in [1.807, 2.05) is 13.8 Å². The van der Waals surface area contributed by atoms with Crippen LogP contribution in [0.2, 0.25) is 0 Å². The van der Waals surface area contributed by atoms with Crippen molar-refractivity contribution in [1.29, 1.82) is 0 Å². The molecule has 0 bridgehead atoms. The molecular formula is C17H25FN2O3. The average Bonchev–Trinajstić information content (AvgIpc) is 2.55. The number of aliphatic hydroxyl groups excluding tert-OH is 1. The monoisotopic (exact) mass is 324 g/mol. The van der Waals surface area contributed by atoms with Crippen LogP contribution in [0.15, 0.2) is 24.3 Å². The van der Waals surface area contributed by atoms with Crippen LogP contribution in [0.25, 0.3) is 0 Å². The maximum absolute atomic E-state index is 13.7. The lowest BCUT2D eigenvalue weighted by Crippen LogP contribution is -2.53. The summed E-state index contributed by atoms with van der Waals surface area (Å²) in [5.41, 5.74) is 0.237. The van der Waals surface area contributed by atoms with Gasteiger partial charge in [-0.2, -0.15) is 0 Å². The first-order chi connectivity index (χ1) is 11.0. The number of nitrogens with one attached hydrogen (secondary N) is 1. The number of aliphatic hydroxyl groups is 1. The van der Waals surface area contributed by atoms with Crippen LogP contribution < -0.4 is 5.32 Å². The molecule has 0 aromatic heterocycles. The van der Waals surface area contributed by atoms with Gasteiger partial charge < -0.3 is 20.1 Å². The molecule has 0 saturated carbocycles. The number of benzene rings is 1. The lowest BCUT2D eigenvalue weighted by Gasteiger charge is -2.32. The zero-order valence-corrected chi connectivity index (χ0v) is 13.7. The highest BCUT2D eigenvalue weighted by molar-refractivity contribution is 5.82. The summed E-state index contributed by atoms with van der Waals surface area (Å²) in [6, 6.07) is 5.72. The topological polar surface area (TPSA) is 61.8 Å². The summed E-state index contributed by atoms with van der Waals surface area (Å²) in [5.74, 6) is -0.371. The van der Waals surface area contributed by atoms with Crippen LogP contribution in [-0.2, 0) is 9.53 Å². The highest BCUT2D eigenvalue weighted by Crippen LogP contribution is 2.17. The van der Waals surface area contributed by atoms with E-state index >= 15 is 0 Å². The molecule has 1 fully saturated rings. The summed E-state index contributed by atoms with van der Waals surface area (Å²) in [4.78, 5) is 14.4. The molecule has 1 aromatic carbocycles. The van der Waals surface area contributed by atoms with Gasteiger partial charge in [0.15, 0.2) is 0 Å². The Kier molecular flexibility index (Phi) is 6.50. The number of rotatable bonds is 6. The van der Waals surface area contributed by atoms with Gasteiger partial charge in [-0.25, -0.2) is 4.39 Å². The Morgan fingerprint density at radius 3 is 2.61 bits per heavy atom. The first-order valence-electron chi connectivity index (χ1n) is 8.03. The first kappa shape index (κ1) is 17.8. The minimum atomic E-state index is -0.991. The number of nitrogens with zero attached hydrogens (tertiary/aromatic N) is 1. The van der Waals surface area contributed by atoms with E-state index in [-0.39, 0.29) is 23.9 Å². The van der Waals surface area contributed by atoms with Crippen molar-refractivity contribution in [3.63, 3.8) is 0 Å². The van der Waals surface area contributed by atoms with Gasteiger partial charge in [0.2, 0.25) is 5.91 Å². The number of hydrogen-bond donors (Lipinski definition) is 2. The van der Waals surface area contributed by atoms with Crippen LogP contribution in [-0.4, -0.2) is 54.8 Å². The number of hydrogen-bond acceptors (Lipinski definition) is 4. The molecule has 0 spiro atoms. The highest BCUT2D eigenvalue weighted by Gasteiger charge is 2.28. The second kappa shape index (κ2) is 8.38. The van der Waals surface area contributed by atoms with Crippen LogP contribution in [0.5, 0.6) is 0 Å². The zero-order chi connectivity index (χ0) is 16.8. The van der Waals surface area contributed by atoms with Gasteiger partial charge >= 0.3 is 0 Å². The van der Waals surface area contributed by atoms with Crippen LogP contribution in [0, 0.1) is 11.7 Å². The summed E-state index contributed by atoms with van der Waals surface area (Å²) in [7, 11) is 0. The normalized spacial score (nSPS) is 18.0. The smallest absolute Gasteiger partial charge is 0.240 e. The molecule has 23 heavy (non-hydrogen) atoms. The summed E-state index contributed by atoms with van der Waals surface area (Å²) < 4.78 is 19.0. The van der Waals surface area contributed by atoms with Crippen molar-refractivity contribution < 1.29 is 19.0 Å². The fourth-order valence-electron chi connectivity index (χ4n) is 2.68. The fraction of sp³-hybridized carbons (Fsp3) is 0.588. The minimum absolute atomic E-state index is 0.00373. The number of morpholine rings is 1. The lowest BCUT2D eigenvalue weighted by molar-refractivity contribution is -0.138. The van der Waals surface area contributed by atoms with E-state index in [1.165, 1.54) is 6.07 Å². The summed E-state index contributed by atoms with van der Waals surface area (Å²) in [6.45, 7) is 6.29.